The zero-order chi connectivity index (χ0) is 25.0. The molecule has 0 aliphatic heterocycles. The highest BCUT2D eigenvalue weighted by Gasteiger charge is 2.23. The Labute approximate surface area is 205 Å². The molecule has 0 aliphatic carbocycles. The average molecular weight is 509 g/mol. The van der Waals surface area contributed by atoms with Crippen LogP contribution in [0, 0.1) is 10.1 Å². The van der Waals surface area contributed by atoms with Gasteiger partial charge in [-0.15, -0.1) is 11.3 Å². The van der Waals surface area contributed by atoms with Gasteiger partial charge < -0.3 is 0 Å². The summed E-state index contributed by atoms with van der Waals surface area (Å²) >= 11 is 1.21. The van der Waals surface area contributed by atoms with Crippen molar-refractivity contribution in [3.63, 3.8) is 0 Å². The Hall–Kier alpha value is -4.09. The van der Waals surface area contributed by atoms with E-state index in [4.69, 9.17) is 0 Å². The first-order valence-electron chi connectivity index (χ1n) is 10.5. The first-order valence-corrected chi connectivity index (χ1v) is 12.8. The lowest BCUT2D eigenvalue weighted by atomic mass is 10.1. The zero-order valence-electron chi connectivity index (χ0n) is 18.5. The molecule has 1 heterocycles. The van der Waals surface area contributed by atoms with Crippen LogP contribution in [-0.4, -0.2) is 30.8 Å². The summed E-state index contributed by atoms with van der Waals surface area (Å²) in [5, 5.41) is 15.6. The number of carbonyl (C=O) groups is 1. The van der Waals surface area contributed by atoms with Crippen molar-refractivity contribution < 1.29 is 18.1 Å². The molecule has 4 aromatic rings. The van der Waals surface area contributed by atoms with Crippen molar-refractivity contribution in [1.29, 1.82) is 0 Å². The van der Waals surface area contributed by atoms with E-state index in [0.717, 1.165) is 0 Å². The fourth-order valence-electron chi connectivity index (χ4n) is 3.38. The zero-order valence-corrected chi connectivity index (χ0v) is 20.1. The average Bonchev–Trinajstić information content (AvgIpc) is 3.33. The summed E-state index contributed by atoms with van der Waals surface area (Å²) in [5.41, 5.74) is 2.07. The van der Waals surface area contributed by atoms with Gasteiger partial charge in [0.1, 0.15) is 0 Å². The fraction of sp³-hybridized carbons (Fsp3) is 0.0833. The van der Waals surface area contributed by atoms with Gasteiger partial charge in [-0.3, -0.25) is 24.5 Å². The number of rotatable bonds is 8. The van der Waals surface area contributed by atoms with Crippen LogP contribution in [-0.2, 0) is 10.0 Å². The molecule has 0 bridgehead atoms. The van der Waals surface area contributed by atoms with E-state index in [1.807, 2.05) is 6.07 Å². The highest BCUT2D eigenvalue weighted by molar-refractivity contribution is 7.92. The molecule has 0 fully saturated rings. The third-order valence-electron chi connectivity index (χ3n) is 5.13. The van der Waals surface area contributed by atoms with Gasteiger partial charge in [-0.25, -0.2) is 13.4 Å². The van der Waals surface area contributed by atoms with Crippen molar-refractivity contribution in [2.75, 3.05) is 16.2 Å². The molecule has 11 heteroatoms. The van der Waals surface area contributed by atoms with E-state index in [1.54, 1.807) is 48.7 Å². The molecule has 1 N–H and O–H groups in total. The molecular formula is C24H20N4O5S2. The maximum Gasteiger partial charge on any atom is 0.269 e. The van der Waals surface area contributed by atoms with Crippen LogP contribution in [0.5, 0.6) is 0 Å². The van der Waals surface area contributed by atoms with Gasteiger partial charge in [0.15, 0.2) is 5.13 Å². The van der Waals surface area contributed by atoms with E-state index in [9.17, 15) is 23.3 Å². The van der Waals surface area contributed by atoms with Crippen molar-refractivity contribution in [3.05, 3.63) is 99.9 Å². The summed E-state index contributed by atoms with van der Waals surface area (Å²) in [5.74, 6) is -0.436. The van der Waals surface area contributed by atoms with Gasteiger partial charge in [0.05, 0.1) is 21.2 Å². The number of carbonyl (C=O) groups excluding carboxylic acids is 1. The Morgan fingerprint density at radius 2 is 1.69 bits per heavy atom. The highest BCUT2D eigenvalue weighted by atomic mass is 32.2. The standard InChI is InChI=1S/C24H20N4O5S2/c1-2-27(19-6-4-3-5-7-19)35(32,33)21-14-10-18(11-15-21)23(29)26-24-25-22(16-34-24)17-8-12-20(13-9-17)28(30)31/h3-16H,2H2,1H3,(H,25,26,29). The molecule has 0 saturated heterocycles. The molecular weight excluding hydrogens is 488 g/mol. The summed E-state index contributed by atoms with van der Waals surface area (Å²) in [7, 11) is -3.79. The number of aromatic nitrogens is 1. The molecule has 9 nitrogen and oxygen atoms in total. The van der Waals surface area contributed by atoms with Crippen molar-refractivity contribution in [1.82, 2.24) is 4.98 Å². The highest BCUT2D eigenvalue weighted by Crippen LogP contribution is 2.27. The van der Waals surface area contributed by atoms with Crippen LogP contribution >= 0.6 is 11.3 Å². The molecule has 0 spiro atoms. The molecule has 35 heavy (non-hydrogen) atoms. The fourth-order valence-corrected chi connectivity index (χ4v) is 5.57. The van der Waals surface area contributed by atoms with Gasteiger partial charge in [-0.2, -0.15) is 0 Å². The lowest BCUT2D eigenvalue weighted by Crippen LogP contribution is -2.30. The van der Waals surface area contributed by atoms with Crippen LogP contribution in [0.4, 0.5) is 16.5 Å². The molecule has 0 atom stereocenters. The van der Waals surface area contributed by atoms with Crippen LogP contribution in [0.1, 0.15) is 17.3 Å². The summed E-state index contributed by atoms with van der Waals surface area (Å²) in [6, 6.07) is 20.5. The molecule has 1 aromatic heterocycles. The van der Waals surface area contributed by atoms with Crippen molar-refractivity contribution in [2.24, 2.45) is 0 Å². The number of para-hydroxylation sites is 1. The third-order valence-corrected chi connectivity index (χ3v) is 7.81. The number of non-ortho nitro benzene ring substituents is 1. The monoisotopic (exact) mass is 508 g/mol. The van der Waals surface area contributed by atoms with Gasteiger partial charge >= 0.3 is 0 Å². The van der Waals surface area contributed by atoms with E-state index >= 15 is 0 Å². The second-order valence-electron chi connectivity index (χ2n) is 7.33. The van der Waals surface area contributed by atoms with Gasteiger partial charge in [0.2, 0.25) is 0 Å². The van der Waals surface area contributed by atoms with Crippen molar-refractivity contribution in [3.8, 4) is 11.3 Å². The number of nitro groups is 1. The van der Waals surface area contributed by atoms with E-state index in [1.165, 1.54) is 52.0 Å². The Kier molecular flexibility index (Phi) is 6.90. The van der Waals surface area contributed by atoms with Gasteiger partial charge in [-0.05, 0) is 55.5 Å². The number of hydrogen-bond acceptors (Lipinski definition) is 7. The van der Waals surface area contributed by atoms with E-state index in [-0.39, 0.29) is 22.7 Å². The Bertz CT molecular complexity index is 1450. The lowest BCUT2D eigenvalue weighted by molar-refractivity contribution is -0.384. The number of nitro benzene ring substituents is 1. The number of nitrogens with one attached hydrogen (secondary N) is 1. The van der Waals surface area contributed by atoms with Crippen LogP contribution in [0.2, 0.25) is 0 Å². The molecule has 0 aliphatic rings. The quantitative estimate of drug-likeness (QED) is 0.258. The van der Waals surface area contributed by atoms with E-state index in [0.29, 0.717) is 22.1 Å². The maximum atomic E-state index is 13.1. The second kappa shape index (κ2) is 10.0. The number of sulfonamides is 1. The third kappa shape index (κ3) is 5.20. The topological polar surface area (TPSA) is 123 Å². The molecule has 0 radical (unpaired) electrons. The lowest BCUT2D eigenvalue weighted by Gasteiger charge is -2.22. The normalized spacial score (nSPS) is 11.1. The Balaban J connectivity index is 1.47. The molecule has 178 valence electrons. The summed E-state index contributed by atoms with van der Waals surface area (Å²) in [6.45, 7) is 2.01. The Morgan fingerprint density at radius 1 is 1.03 bits per heavy atom. The predicted molar refractivity (Wildman–Crippen MR) is 135 cm³/mol. The van der Waals surface area contributed by atoms with Gasteiger partial charge in [0.25, 0.3) is 21.6 Å². The van der Waals surface area contributed by atoms with Crippen LogP contribution < -0.4 is 9.62 Å². The van der Waals surface area contributed by atoms with E-state index < -0.39 is 20.9 Å². The summed E-state index contributed by atoms with van der Waals surface area (Å²) in [6.07, 6.45) is 0. The minimum absolute atomic E-state index is 0.0196. The molecule has 3 aromatic carbocycles. The molecule has 1 amide bonds. The summed E-state index contributed by atoms with van der Waals surface area (Å²) in [4.78, 5) is 27.4. The number of hydrogen-bond donors (Lipinski definition) is 1. The minimum atomic E-state index is -3.79. The van der Waals surface area contributed by atoms with Gasteiger partial charge in [-0.1, -0.05) is 18.2 Å². The largest absolute Gasteiger partial charge is 0.298 e. The van der Waals surface area contributed by atoms with Crippen LogP contribution in [0.3, 0.4) is 0 Å². The SMILES string of the molecule is CCN(c1ccccc1)S(=O)(=O)c1ccc(C(=O)Nc2nc(-c3ccc([N+](=O)[O-])cc3)cs2)cc1. The summed E-state index contributed by atoms with van der Waals surface area (Å²) < 4.78 is 27.5. The number of benzene rings is 3. The van der Waals surface area contributed by atoms with Crippen molar-refractivity contribution in [2.45, 2.75) is 11.8 Å². The molecule has 0 saturated carbocycles. The maximum absolute atomic E-state index is 13.1. The first-order chi connectivity index (χ1) is 16.8. The number of amides is 1. The Morgan fingerprint density at radius 3 is 2.29 bits per heavy atom. The minimum Gasteiger partial charge on any atom is -0.298 e. The van der Waals surface area contributed by atoms with E-state index in [2.05, 4.69) is 10.3 Å². The first kappa shape index (κ1) is 24.0. The van der Waals surface area contributed by atoms with Crippen LogP contribution in [0.15, 0.2) is 89.1 Å². The smallest absolute Gasteiger partial charge is 0.269 e. The molecule has 0 unspecified atom stereocenters. The van der Waals surface area contributed by atoms with Crippen molar-refractivity contribution >= 4 is 43.8 Å². The second-order valence-corrected chi connectivity index (χ2v) is 10.0. The number of nitrogens with zero attached hydrogens (tertiary/aromatic N) is 3. The number of thiazole rings is 1. The molecule has 4 rings (SSSR count). The van der Waals surface area contributed by atoms with Crippen LogP contribution in [0.25, 0.3) is 11.3 Å². The van der Waals surface area contributed by atoms with Gasteiger partial charge in [0, 0.05) is 35.2 Å². The predicted octanol–water partition coefficient (Wildman–Crippen LogP) is 5.19. The number of anilines is 2.